The second kappa shape index (κ2) is 4.55. The zero-order valence-corrected chi connectivity index (χ0v) is 9.52. The summed E-state index contributed by atoms with van der Waals surface area (Å²) >= 11 is 0. The maximum Gasteiger partial charge on any atom is 0.168 e. The largest absolute Gasteiger partial charge is 0.507 e. The van der Waals surface area contributed by atoms with Gasteiger partial charge in [0.25, 0.3) is 0 Å². The topological polar surface area (TPSA) is 54.4 Å². The maximum absolute atomic E-state index is 13.5. The van der Waals surface area contributed by atoms with Gasteiger partial charge in [0, 0.05) is 0 Å². The van der Waals surface area contributed by atoms with Crippen LogP contribution in [0.25, 0.3) is 11.1 Å². The highest BCUT2D eigenvalue weighted by molar-refractivity contribution is 7.72. The third kappa shape index (κ3) is 2.29. The Bertz CT molecular complexity index is 590. The van der Waals surface area contributed by atoms with Gasteiger partial charge in [0.1, 0.15) is 11.6 Å². The van der Waals surface area contributed by atoms with E-state index < -0.39 is 16.5 Å². The second-order valence-electron chi connectivity index (χ2n) is 3.44. The molecule has 5 heteroatoms. The summed E-state index contributed by atoms with van der Waals surface area (Å²) in [6, 6.07) is 9.66. The molecule has 88 valence electrons. The number of aromatic hydroxyl groups is 1. The lowest BCUT2D eigenvalue weighted by Crippen LogP contribution is -1.86. The summed E-state index contributed by atoms with van der Waals surface area (Å²) < 4.78 is 34.9. The van der Waals surface area contributed by atoms with Crippen molar-refractivity contribution in [3.8, 4) is 16.9 Å². The number of phenolic OH excluding ortho intramolecular Hbond substituents is 1. The average Bonchev–Trinajstić information content (AvgIpc) is 2.29. The van der Waals surface area contributed by atoms with Crippen molar-refractivity contribution in [1.29, 1.82) is 0 Å². The quantitative estimate of drug-likeness (QED) is 0.805. The minimum Gasteiger partial charge on any atom is -0.507 e. The van der Waals surface area contributed by atoms with E-state index >= 15 is 0 Å². The molecule has 0 unspecified atom stereocenters. The van der Waals surface area contributed by atoms with E-state index in [1.807, 2.05) is 0 Å². The van der Waals surface area contributed by atoms with Crippen LogP contribution in [0.5, 0.6) is 5.75 Å². The summed E-state index contributed by atoms with van der Waals surface area (Å²) in [6.07, 6.45) is 0. The number of phenols is 1. The fraction of sp³-hybridized carbons (Fsp3) is 0. The van der Waals surface area contributed by atoms with Crippen LogP contribution >= 0.6 is 0 Å². The van der Waals surface area contributed by atoms with E-state index in [2.05, 4.69) is 0 Å². The molecule has 17 heavy (non-hydrogen) atoms. The molecule has 0 radical (unpaired) electrons. The van der Waals surface area contributed by atoms with Crippen LogP contribution in [0, 0.1) is 5.82 Å². The van der Waals surface area contributed by atoms with Crippen molar-refractivity contribution in [3.05, 3.63) is 48.3 Å². The van der Waals surface area contributed by atoms with Crippen LogP contribution in [0.3, 0.4) is 0 Å². The van der Waals surface area contributed by atoms with Crippen LogP contribution in [-0.2, 0) is 10.7 Å². The maximum atomic E-state index is 13.5. The molecule has 0 aliphatic rings. The lowest BCUT2D eigenvalue weighted by Gasteiger charge is -2.05. The summed E-state index contributed by atoms with van der Waals surface area (Å²) in [5.41, 5.74) is 0.501. The van der Waals surface area contributed by atoms with Crippen molar-refractivity contribution in [2.24, 2.45) is 0 Å². The molecule has 0 aliphatic carbocycles. The highest BCUT2D eigenvalue weighted by Crippen LogP contribution is 2.31. The van der Waals surface area contributed by atoms with Crippen molar-refractivity contribution in [2.45, 2.75) is 4.90 Å². The van der Waals surface area contributed by atoms with Crippen LogP contribution in [0.4, 0.5) is 4.39 Å². The fourth-order valence-electron chi connectivity index (χ4n) is 1.55. The van der Waals surface area contributed by atoms with E-state index in [1.54, 1.807) is 0 Å². The van der Waals surface area contributed by atoms with Crippen molar-refractivity contribution < 1.29 is 17.9 Å². The summed E-state index contributed by atoms with van der Waals surface area (Å²) in [4.78, 5) is 0.152. The Morgan fingerprint density at radius 1 is 1.00 bits per heavy atom. The molecule has 2 rings (SSSR count). The zero-order chi connectivity index (χ0) is 12.4. The Morgan fingerprint density at radius 3 is 2.18 bits per heavy atom. The molecule has 3 nitrogen and oxygen atoms in total. The minimum atomic E-state index is -2.65. The first-order chi connectivity index (χ1) is 8.09. The van der Waals surface area contributed by atoms with Crippen LogP contribution in [0.15, 0.2) is 47.4 Å². The highest BCUT2D eigenvalue weighted by atomic mass is 32.2. The second-order valence-corrected chi connectivity index (χ2v) is 4.47. The lowest BCUT2D eigenvalue weighted by atomic mass is 10.0. The number of thiol groups is 1. The van der Waals surface area contributed by atoms with Crippen LogP contribution in [0.1, 0.15) is 0 Å². The van der Waals surface area contributed by atoms with Crippen LogP contribution < -0.4 is 0 Å². The van der Waals surface area contributed by atoms with E-state index in [-0.39, 0.29) is 16.2 Å². The molecule has 0 amide bonds. The van der Waals surface area contributed by atoms with E-state index in [9.17, 15) is 17.9 Å². The molecule has 1 N–H and O–H groups in total. The zero-order valence-electron chi connectivity index (χ0n) is 8.63. The fourth-order valence-corrected chi connectivity index (χ4v) is 1.94. The van der Waals surface area contributed by atoms with Gasteiger partial charge in [-0.3, -0.25) is 0 Å². The standard InChI is InChI=1S/C12H9FO3S/c13-10-2-1-3-11(14)12(10)8-4-6-9(7-5-8)17(15)16/h1-7,14,17H. The highest BCUT2D eigenvalue weighted by Gasteiger charge is 2.09. The molecule has 0 aromatic heterocycles. The van der Waals surface area contributed by atoms with Crippen molar-refractivity contribution in [1.82, 2.24) is 0 Å². The third-order valence-electron chi connectivity index (χ3n) is 2.36. The number of benzene rings is 2. The van der Waals surface area contributed by atoms with E-state index in [1.165, 1.54) is 42.5 Å². The molecule has 0 saturated heterocycles. The first-order valence-electron chi connectivity index (χ1n) is 4.82. The van der Waals surface area contributed by atoms with E-state index in [0.29, 0.717) is 5.56 Å². The molecular weight excluding hydrogens is 243 g/mol. The molecule has 0 spiro atoms. The van der Waals surface area contributed by atoms with Gasteiger partial charge in [0.05, 0.1) is 10.5 Å². The van der Waals surface area contributed by atoms with Gasteiger partial charge in [0.15, 0.2) is 10.7 Å². The van der Waals surface area contributed by atoms with Gasteiger partial charge in [-0.15, -0.1) is 0 Å². The van der Waals surface area contributed by atoms with Gasteiger partial charge in [-0.25, -0.2) is 12.8 Å². The predicted molar refractivity (Wildman–Crippen MR) is 62.1 cm³/mol. The first kappa shape index (κ1) is 11.6. The van der Waals surface area contributed by atoms with Gasteiger partial charge in [-0.1, -0.05) is 18.2 Å². The average molecular weight is 252 g/mol. The van der Waals surface area contributed by atoms with E-state index in [4.69, 9.17) is 0 Å². The minimum absolute atomic E-state index is 0.0696. The SMILES string of the molecule is O=[SH](=O)c1ccc(-c2c(O)cccc2F)cc1. The molecule has 0 bridgehead atoms. The van der Waals surface area contributed by atoms with Crippen molar-refractivity contribution in [3.63, 3.8) is 0 Å². The van der Waals surface area contributed by atoms with Gasteiger partial charge in [-0.05, 0) is 29.8 Å². The number of rotatable bonds is 2. The molecule has 2 aromatic rings. The third-order valence-corrected chi connectivity index (χ3v) is 3.08. The Balaban J connectivity index is 2.54. The monoisotopic (exact) mass is 252 g/mol. The Labute approximate surface area is 99.1 Å². The summed E-state index contributed by atoms with van der Waals surface area (Å²) in [5.74, 6) is -0.728. The molecule has 0 aliphatic heterocycles. The first-order valence-corrected chi connectivity index (χ1v) is 5.99. The molecule has 0 heterocycles. The van der Waals surface area contributed by atoms with Gasteiger partial charge < -0.3 is 5.11 Å². The van der Waals surface area contributed by atoms with Gasteiger partial charge in [0.2, 0.25) is 0 Å². The molecule has 0 atom stereocenters. The van der Waals surface area contributed by atoms with Crippen LogP contribution in [-0.4, -0.2) is 13.5 Å². The summed E-state index contributed by atoms with van der Waals surface area (Å²) in [7, 11) is -2.65. The molecule has 0 fully saturated rings. The Morgan fingerprint density at radius 2 is 1.65 bits per heavy atom. The number of hydrogen-bond donors (Lipinski definition) is 2. The number of halogens is 1. The lowest BCUT2D eigenvalue weighted by molar-refractivity contribution is 0.472. The van der Waals surface area contributed by atoms with Gasteiger partial charge >= 0.3 is 0 Å². The molecular formula is C12H9FO3S. The summed E-state index contributed by atoms with van der Waals surface area (Å²) in [6.45, 7) is 0. The van der Waals surface area contributed by atoms with Crippen LogP contribution in [0.2, 0.25) is 0 Å². The van der Waals surface area contributed by atoms with Crippen molar-refractivity contribution >= 4 is 10.7 Å². The van der Waals surface area contributed by atoms with Crippen molar-refractivity contribution in [2.75, 3.05) is 0 Å². The normalized spacial score (nSPS) is 10.7. The number of hydrogen-bond acceptors (Lipinski definition) is 3. The summed E-state index contributed by atoms with van der Waals surface area (Å²) in [5, 5.41) is 9.56. The smallest absolute Gasteiger partial charge is 0.168 e. The predicted octanol–water partition coefficient (Wildman–Crippen LogP) is 2.17. The molecule has 2 aromatic carbocycles. The molecule has 0 saturated carbocycles. The van der Waals surface area contributed by atoms with E-state index in [0.717, 1.165) is 0 Å². The Hall–Kier alpha value is -1.88. The van der Waals surface area contributed by atoms with Gasteiger partial charge in [-0.2, -0.15) is 0 Å². The Kier molecular flexibility index (Phi) is 3.10.